The fraction of sp³-hybridized carbons (Fsp3) is 0.200. The van der Waals surface area contributed by atoms with E-state index in [4.69, 9.17) is 11.6 Å². The van der Waals surface area contributed by atoms with Crippen LogP contribution in [0.15, 0.2) is 48.8 Å². The first-order valence-electron chi connectivity index (χ1n) is 8.86. The molecule has 4 aromatic rings. The Balaban J connectivity index is 1.45. The minimum atomic E-state index is -0.264. The third-order valence-corrected chi connectivity index (χ3v) is 5.35. The summed E-state index contributed by atoms with van der Waals surface area (Å²) in [4.78, 5) is 16.8. The van der Waals surface area contributed by atoms with Gasteiger partial charge in [0.1, 0.15) is 23.2 Å². The number of piperazine rings is 1. The first kappa shape index (κ1) is 16.3. The summed E-state index contributed by atoms with van der Waals surface area (Å²) in [6, 6.07) is 12.6. The molecule has 27 heavy (non-hydrogen) atoms. The largest absolute Gasteiger partial charge is 0.368 e. The van der Waals surface area contributed by atoms with Crippen molar-refractivity contribution in [3.63, 3.8) is 0 Å². The highest BCUT2D eigenvalue weighted by Gasteiger charge is 2.21. The average Bonchev–Trinajstić information content (AvgIpc) is 3.07. The van der Waals surface area contributed by atoms with Gasteiger partial charge in [-0.2, -0.15) is 0 Å². The monoisotopic (exact) mass is 381 g/mol. The number of fused-ring (bicyclic) bond motifs is 3. The molecule has 0 unspecified atom stereocenters. The van der Waals surface area contributed by atoms with Gasteiger partial charge in [0.15, 0.2) is 5.82 Å². The van der Waals surface area contributed by atoms with Gasteiger partial charge in [-0.25, -0.2) is 14.4 Å². The van der Waals surface area contributed by atoms with Crippen LogP contribution in [-0.2, 0) is 0 Å². The molecule has 5 rings (SSSR count). The Kier molecular flexibility index (Phi) is 3.86. The molecule has 1 fully saturated rings. The minimum absolute atomic E-state index is 0.264. The Morgan fingerprint density at radius 3 is 2.44 bits per heavy atom. The van der Waals surface area contributed by atoms with Crippen LogP contribution in [0.25, 0.3) is 21.9 Å². The highest BCUT2D eigenvalue weighted by Crippen LogP contribution is 2.30. The van der Waals surface area contributed by atoms with Gasteiger partial charge in [0.05, 0.1) is 0 Å². The molecule has 136 valence electrons. The predicted octanol–water partition coefficient (Wildman–Crippen LogP) is 4.23. The number of anilines is 2. The summed E-state index contributed by atoms with van der Waals surface area (Å²) >= 11 is 5.98. The molecule has 3 heterocycles. The van der Waals surface area contributed by atoms with Crippen LogP contribution in [-0.4, -0.2) is 41.1 Å². The molecule has 0 spiro atoms. The summed E-state index contributed by atoms with van der Waals surface area (Å²) in [6.45, 7) is 3.47. The van der Waals surface area contributed by atoms with Crippen LogP contribution in [0, 0.1) is 5.82 Å². The number of nitrogens with zero attached hydrogens (tertiary/aromatic N) is 4. The quantitative estimate of drug-likeness (QED) is 0.564. The zero-order valence-electron chi connectivity index (χ0n) is 14.5. The number of halogens is 2. The molecule has 1 aliphatic heterocycles. The third kappa shape index (κ3) is 2.86. The second kappa shape index (κ2) is 6.39. The zero-order valence-corrected chi connectivity index (χ0v) is 15.2. The van der Waals surface area contributed by atoms with Gasteiger partial charge in [-0.3, -0.25) is 0 Å². The third-order valence-electron chi connectivity index (χ3n) is 5.09. The summed E-state index contributed by atoms with van der Waals surface area (Å²) in [5, 5.41) is 1.53. The number of H-pyrrole nitrogens is 1. The van der Waals surface area contributed by atoms with Crippen molar-refractivity contribution in [1.82, 2.24) is 15.0 Å². The lowest BCUT2D eigenvalue weighted by Gasteiger charge is -2.36. The van der Waals surface area contributed by atoms with E-state index in [-0.39, 0.29) is 5.82 Å². The normalized spacial score (nSPS) is 15.0. The number of hydrogen-bond acceptors (Lipinski definition) is 4. The van der Waals surface area contributed by atoms with Crippen LogP contribution < -0.4 is 9.80 Å². The lowest BCUT2D eigenvalue weighted by Crippen LogP contribution is -2.46. The second-order valence-electron chi connectivity index (χ2n) is 6.69. The molecule has 5 nitrogen and oxygen atoms in total. The maximum Gasteiger partial charge on any atom is 0.156 e. The van der Waals surface area contributed by atoms with Crippen molar-refractivity contribution in [2.75, 3.05) is 36.0 Å². The van der Waals surface area contributed by atoms with E-state index in [0.717, 1.165) is 59.0 Å². The summed E-state index contributed by atoms with van der Waals surface area (Å²) in [7, 11) is 0. The number of rotatable bonds is 2. The first-order chi connectivity index (χ1) is 13.2. The molecular weight excluding hydrogens is 365 g/mol. The molecule has 0 bridgehead atoms. The van der Waals surface area contributed by atoms with Crippen LogP contribution in [0.3, 0.4) is 0 Å². The Morgan fingerprint density at radius 2 is 1.67 bits per heavy atom. The van der Waals surface area contributed by atoms with Gasteiger partial charge in [0, 0.05) is 47.8 Å². The van der Waals surface area contributed by atoms with Gasteiger partial charge in [-0.05, 0) is 42.5 Å². The highest BCUT2D eigenvalue weighted by molar-refractivity contribution is 6.30. The minimum Gasteiger partial charge on any atom is -0.368 e. The van der Waals surface area contributed by atoms with Crippen LogP contribution in [0.5, 0.6) is 0 Å². The van der Waals surface area contributed by atoms with Gasteiger partial charge in [-0.1, -0.05) is 11.6 Å². The van der Waals surface area contributed by atoms with E-state index in [1.807, 2.05) is 24.3 Å². The zero-order chi connectivity index (χ0) is 18.4. The summed E-state index contributed by atoms with van der Waals surface area (Å²) in [5.41, 5.74) is 3.66. The first-order valence-corrected chi connectivity index (χ1v) is 9.24. The van der Waals surface area contributed by atoms with Gasteiger partial charge < -0.3 is 14.8 Å². The molecule has 1 saturated heterocycles. The molecule has 0 atom stereocenters. The standard InChI is InChI=1S/C20H17ClFN5/c21-13-1-4-15(5-2-13)26-7-9-27(10-8-26)20-19-18(23-12-24-20)16-11-14(22)3-6-17(16)25-19/h1-6,11-12,25H,7-10H2. The number of benzene rings is 2. The maximum absolute atomic E-state index is 13.6. The van der Waals surface area contributed by atoms with Crippen molar-refractivity contribution >= 4 is 45.0 Å². The molecule has 7 heteroatoms. The topological polar surface area (TPSA) is 48.1 Å². The van der Waals surface area contributed by atoms with Crippen LogP contribution in [0.4, 0.5) is 15.9 Å². The van der Waals surface area contributed by atoms with Crippen molar-refractivity contribution < 1.29 is 4.39 Å². The second-order valence-corrected chi connectivity index (χ2v) is 7.12. The Bertz CT molecular complexity index is 1120. The van der Waals surface area contributed by atoms with Crippen molar-refractivity contribution in [1.29, 1.82) is 0 Å². The van der Waals surface area contributed by atoms with Gasteiger partial charge in [-0.15, -0.1) is 0 Å². The Hall–Kier alpha value is -2.86. The number of aromatic amines is 1. The summed E-state index contributed by atoms with van der Waals surface area (Å²) < 4.78 is 13.6. The smallest absolute Gasteiger partial charge is 0.156 e. The fourth-order valence-electron chi connectivity index (χ4n) is 3.72. The number of hydrogen-bond donors (Lipinski definition) is 1. The van der Waals surface area contributed by atoms with E-state index in [9.17, 15) is 4.39 Å². The maximum atomic E-state index is 13.6. The molecule has 1 aliphatic rings. The molecule has 0 radical (unpaired) electrons. The molecular formula is C20H17ClFN5. The van der Waals surface area contributed by atoms with Crippen LogP contribution in [0.1, 0.15) is 0 Å². The molecule has 0 aliphatic carbocycles. The lowest BCUT2D eigenvalue weighted by molar-refractivity contribution is 0.630. The number of nitrogens with one attached hydrogen (secondary N) is 1. The van der Waals surface area contributed by atoms with Gasteiger partial charge >= 0.3 is 0 Å². The highest BCUT2D eigenvalue weighted by atomic mass is 35.5. The summed E-state index contributed by atoms with van der Waals surface area (Å²) in [6.07, 6.45) is 1.56. The van der Waals surface area contributed by atoms with Crippen molar-refractivity contribution in [2.45, 2.75) is 0 Å². The van der Waals surface area contributed by atoms with E-state index in [0.29, 0.717) is 0 Å². The van der Waals surface area contributed by atoms with Crippen LogP contribution in [0.2, 0.25) is 5.02 Å². The van der Waals surface area contributed by atoms with E-state index < -0.39 is 0 Å². The van der Waals surface area contributed by atoms with Gasteiger partial charge in [0.25, 0.3) is 0 Å². The molecule has 1 N–H and O–H groups in total. The fourth-order valence-corrected chi connectivity index (χ4v) is 3.85. The van der Waals surface area contributed by atoms with Crippen molar-refractivity contribution in [3.05, 3.63) is 59.6 Å². The van der Waals surface area contributed by atoms with Crippen LogP contribution >= 0.6 is 11.6 Å². The molecule has 0 amide bonds. The van der Waals surface area contributed by atoms with Crippen molar-refractivity contribution in [3.8, 4) is 0 Å². The van der Waals surface area contributed by atoms with Gasteiger partial charge in [0.2, 0.25) is 0 Å². The van der Waals surface area contributed by atoms with E-state index in [1.165, 1.54) is 17.8 Å². The SMILES string of the molecule is Fc1ccc2[nH]c3c(N4CCN(c5ccc(Cl)cc5)CC4)ncnc3c2c1. The van der Waals surface area contributed by atoms with E-state index in [1.54, 1.807) is 12.4 Å². The Labute approximate surface area is 160 Å². The average molecular weight is 382 g/mol. The van der Waals surface area contributed by atoms with Crippen molar-refractivity contribution in [2.24, 2.45) is 0 Å². The number of aromatic nitrogens is 3. The van der Waals surface area contributed by atoms with E-state index >= 15 is 0 Å². The predicted molar refractivity (Wildman–Crippen MR) is 107 cm³/mol. The Morgan fingerprint density at radius 1 is 0.926 bits per heavy atom. The lowest BCUT2D eigenvalue weighted by atomic mass is 10.2. The molecule has 2 aromatic carbocycles. The molecule has 0 saturated carbocycles. The molecule has 2 aromatic heterocycles. The van der Waals surface area contributed by atoms with E-state index in [2.05, 4.69) is 24.8 Å². The summed E-state index contributed by atoms with van der Waals surface area (Å²) in [5.74, 6) is 0.604.